The van der Waals surface area contributed by atoms with Crippen LogP contribution in [0.1, 0.15) is 39.2 Å². The summed E-state index contributed by atoms with van der Waals surface area (Å²) >= 11 is 5.91. The smallest absolute Gasteiger partial charge is 0.313 e. The number of halogens is 4. The SMILES string of the molecule is CCNCC1=C(c2ccc(Cl)cc2)S(=O)(=O)N(CCCC(F)(F)F)C1(C)C. The zero-order chi connectivity index (χ0) is 20.5. The summed E-state index contributed by atoms with van der Waals surface area (Å²) in [5.74, 6) is 0. The molecule has 2 rings (SSSR count). The van der Waals surface area contributed by atoms with Crippen molar-refractivity contribution in [1.82, 2.24) is 9.62 Å². The topological polar surface area (TPSA) is 49.4 Å². The molecule has 1 aliphatic heterocycles. The molecule has 0 fully saturated rings. The molecular formula is C18H24ClF3N2O2S. The van der Waals surface area contributed by atoms with E-state index in [0.29, 0.717) is 29.2 Å². The maximum atomic E-state index is 13.2. The van der Waals surface area contributed by atoms with Crippen molar-refractivity contribution in [2.45, 2.75) is 45.3 Å². The first kappa shape index (κ1) is 22.2. The van der Waals surface area contributed by atoms with Crippen LogP contribution in [0.25, 0.3) is 4.91 Å². The molecule has 1 aliphatic rings. The van der Waals surface area contributed by atoms with E-state index in [9.17, 15) is 21.6 Å². The quantitative estimate of drug-likeness (QED) is 0.704. The maximum Gasteiger partial charge on any atom is 0.389 e. The first-order valence-electron chi connectivity index (χ1n) is 8.71. The van der Waals surface area contributed by atoms with Gasteiger partial charge in [0, 0.05) is 24.5 Å². The minimum atomic E-state index is -4.31. The number of hydrogen-bond donors (Lipinski definition) is 1. The van der Waals surface area contributed by atoms with Crippen molar-refractivity contribution in [3.8, 4) is 0 Å². The molecule has 27 heavy (non-hydrogen) atoms. The van der Waals surface area contributed by atoms with Gasteiger partial charge < -0.3 is 5.32 Å². The Hall–Kier alpha value is -1.09. The summed E-state index contributed by atoms with van der Waals surface area (Å²) in [6, 6.07) is 6.44. The number of benzene rings is 1. The summed E-state index contributed by atoms with van der Waals surface area (Å²) in [7, 11) is -3.94. The normalized spacial score (nSPS) is 19.7. The number of likely N-dealkylation sites (N-methyl/N-ethyl adjacent to an activating group) is 1. The highest BCUT2D eigenvalue weighted by molar-refractivity contribution is 7.98. The van der Waals surface area contributed by atoms with Crippen molar-refractivity contribution in [1.29, 1.82) is 0 Å². The van der Waals surface area contributed by atoms with E-state index in [1.807, 2.05) is 6.92 Å². The molecule has 1 aromatic carbocycles. The molecule has 0 saturated heterocycles. The van der Waals surface area contributed by atoms with Crippen LogP contribution in [0.5, 0.6) is 0 Å². The number of rotatable bonds is 7. The third-order valence-corrected chi connectivity index (χ3v) is 7.13. The molecule has 0 saturated carbocycles. The van der Waals surface area contributed by atoms with Crippen LogP contribution in [0.3, 0.4) is 0 Å². The van der Waals surface area contributed by atoms with Crippen molar-refractivity contribution in [2.24, 2.45) is 0 Å². The van der Waals surface area contributed by atoms with E-state index in [4.69, 9.17) is 11.6 Å². The summed E-state index contributed by atoms with van der Waals surface area (Å²) < 4.78 is 65.3. The predicted octanol–water partition coefficient (Wildman–Crippen LogP) is 4.43. The van der Waals surface area contributed by atoms with Gasteiger partial charge >= 0.3 is 6.18 Å². The third kappa shape index (κ3) is 4.85. The highest BCUT2D eigenvalue weighted by atomic mass is 35.5. The molecule has 1 aromatic rings. The van der Waals surface area contributed by atoms with E-state index in [-0.39, 0.29) is 17.9 Å². The van der Waals surface area contributed by atoms with Crippen molar-refractivity contribution in [3.05, 3.63) is 40.4 Å². The van der Waals surface area contributed by atoms with E-state index < -0.39 is 28.2 Å². The summed E-state index contributed by atoms with van der Waals surface area (Å²) in [5.41, 5.74) is 0.194. The fourth-order valence-corrected chi connectivity index (χ4v) is 5.78. The Morgan fingerprint density at radius 3 is 2.30 bits per heavy atom. The number of alkyl halides is 3. The number of sulfonamides is 1. The van der Waals surface area contributed by atoms with Crippen LogP contribution in [-0.2, 0) is 10.0 Å². The molecule has 9 heteroatoms. The van der Waals surface area contributed by atoms with Gasteiger partial charge in [-0.05, 0) is 50.1 Å². The minimum Gasteiger partial charge on any atom is -0.313 e. The van der Waals surface area contributed by atoms with Gasteiger partial charge in [-0.25, -0.2) is 8.42 Å². The van der Waals surface area contributed by atoms with E-state index >= 15 is 0 Å². The third-order valence-electron chi connectivity index (χ3n) is 4.66. The van der Waals surface area contributed by atoms with Gasteiger partial charge in [-0.15, -0.1) is 0 Å². The monoisotopic (exact) mass is 424 g/mol. The molecule has 0 aromatic heterocycles. The minimum absolute atomic E-state index is 0.150. The lowest BCUT2D eigenvalue weighted by Crippen LogP contribution is -2.45. The summed E-state index contributed by atoms with van der Waals surface area (Å²) in [6.45, 7) is 6.14. The van der Waals surface area contributed by atoms with Crippen LogP contribution in [0, 0.1) is 0 Å². The Labute approximate surface area is 163 Å². The lowest BCUT2D eigenvalue weighted by molar-refractivity contribution is -0.136. The molecule has 0 atom stereocenters. The molecule has 0 amide bonds. The largest absolute Gasteiger partial charge is 0.389 e. The van der Waals surface area contributed by atoms with Crippen LogP contribution in [0.4, 0.5) is 13.2 Å². The molecule has 0 aliphatic carbocycles. The van der Waals surface area contributed by atoms with Crippen LogP contribution < -0.4 is 5.32 Å². The van der Waals surface area contributed by atoms with Gasteiger partial charge in [-0.3, -0.25) is 0 Å². The molecule has 1 heterocycles. The van der Waals surface area contributed by atoms with Crippen LogP contribution in [-0.4, -0.2) is 44.1 Å². The molecule has 0 radical (unpaired) electrons. The summed E-state index contributed by atoms with van der Waals surface area (Å²) in [6.07, 6.45) is -5.62. The molecule has 0 spiro atoms. The average molecular weight is 425 g/mol. The van der Waals surface area contributed by atoms with Gasteiger partial charge in [0.25, 0.3) is 0 Å². The van der Waals surface area contributed by atoms with Gasteiger partial charge in [-0.2, -0.15) is 17.5 Å². The number of hydrogen-bond acceptors (Lipinski definition) is 3. The fourth-order valence-electron chi connectivity index (χ4n) is 3.29. The van der Waals surface area contributed by atoms with Crippen LogP contribution in [0.2, 0.25) is 5.02 Å². The second-order valence-electron chi connectivity index (χ2n) is 6.95. The molecule has 1 N–H and O–H groups in total. The first-order chi connectivity index (χ1) is 12.4. The molecule has 152 valence electrons. The highest BCUT2D eigenvalue weighted by Gasteiger charge is 2.50. The Balaban J connectivity index is 2.46. The number of nitrogens with one attached hydrogen (secondary N) is 1. The first-order valence-corrected chi connectivity index (χ1v) is 10.5. The van der Waals surface area contributed by atoms with E-state index in [0.717, 1.165) is 0 Å². The van der Waals surface area contributed by atoms with Gasteiger partial charge in [0.15, 0.2) is 0 Å². The van der Waals surface area contributed by atoms with E-state index in [1.165, 1.54) is 4.31 Å². The Morgan fingerprint density at radius 1 is 1.19 bits per heavy atom. The lowest BCUT2D eigenvalue weighted by atomic mass is 9.91. The Bertz CT molecular complexity index is 803. The molecule has 0 unspecified atom stereocenters. The van der Waals surface area contributed by atoms with Crippen molar-refractivity contribution < 1.29 is 21.6 Å². The van der Waals surface area contributed by atoms with E-state index in [2.05, 4.69) is 5.32 Å². The maximum absolute atomic E-state index is 13.2. The van der Waals surface area contributed by atoms with Gasteiger partial charge in [0.05, 0.1) is 10.4 Å². The average Bonchev–Trinajstić information content (AvgIpc) is 2.69. The zero-order valence-electron chi connectivity index (χ0n) is 15.5. The lowest BCUT2D eigenvalue weighted by Gasteiger charge is -2.32. The Kier molecular flexibility index (Phi) is 6.67. The van der Waals surface area contributed by atoms with Gasteiger partial charge in [0.2, 0.25) is 10.0 Å². The highest BCUT2D eigenvalue weighted by Crippen LogP contribution is 2.45. The van der Waals surface area contributed by atoms with Crippen molar-refractivity contribution in [3.63, 3.8) is 0 Å². The van der Waals surface area contributed by atoms with Gasteiger partial charge in [0.1, 0.15) is 0 Å². The summed E-state index contributed by atoms with van der Waals surface area (Å²) in [5, 5.41) is 3.62. The van der Waals surface area contributed by atoms with Crippen LogP contribution in [0.15, 0.2) is 29.8 Å². The second kappa shape index (κ2) is 8.11. The van der Waals surface area contributed by atoms with Crippen molar-refractivity contribution >= 4 is 26.5 Å². The van der Waals surface area contributed by atoms with Crippen LogP contribution >= 0.6 is 11.6 Å². The predicted molar refractivity (Wildman–Crippen MR) is 102 cm³/mol. The van der Waals surface area contributed by atoms with Crippen molar-refractivity contribution in [2.75, 3.05) is 19.6 Å². The fraction of sp³-hybridized carbons (Fsp3) is 0.556. The van der Waals surface area contributed by atoms with Gasteiger partial charge in [-0.1, -0.05) is 30.7 Å². The number of nitrogens with zero attached hydrogens (tertiary/aromatic N) is 1. The molecule has 4 nitrogen and oxygen atoms in total. The standard InChI is InChI=1S/C18H24ClF3N2O2S/c1-4-23-12-15-16(13-6-8-14(19)9-7-13)27(25,26)24(17(15,2)3)11-5-10-18(20,21)22/h6-9,23H,4-5,10-12H2,1-3H3. The molecular weight excluding hydrogens is 401 g/mol. The molecule has 0 bridgehead atoms. The second-order valence-corrected chi connectivity index (χ2v) is 9.19. The van der Waals surface area contributed by atoms with E-state index in [1.54, 1.807) is 38.1 Å². The zero-order valence-corrected chi connectivity index (χ0v) is 17.1. The summed E-state index contributed by atoms with van der Waals surface area (Å²) in [4.78, 5) is 0.150. The Morgan fingerprint density at radius 2 is 1.78 bits per heavy atom.